The molecule has 0 saturated carbocycles. The van der Waals surface area contributed by atoms with Gasteiger partial charge in [-0.3, -0.25) is 9.59 Å². The fourth-order valence-electron chi connectivity index (χ4n) is 1.80. The lowest BCUT2D eigenvalue weighted by Gasteiger charge is -2.15. The highest BCUT2D eigenvalue weighted by Crippen LogP contribution is 2.11. The molecule has 1 heterocycles. The Bertz CT molecular complexity index is 405. The van der Waals surface area contributed by atoms with Crippen LogP contribution in [0.3, 0.4) is 0 Å². The number of H-pyrrole nitrogens is 1. The van der Waals surface area contributed by atoms with E-state index in [-0.39, 0.29) is 11.5 Å². The van der Waals surface area contributed by atoms with Gasteiger partial charge in [0.25, 0.3) is 5.91 Å². The monoisotopic (exact) mass is 270 g/mol. The number of pyridine rings is 1. The minimum absolute atomic E-state index is 0.165. The first-order chi connectivity index (χ1) is 8.67. The zero-order valence-electron chi connectivity index (χ0n) is 10.5. The zero-order chi connectivity index (χ0) is 13.4. The highest BCUT2D eigenvalue weighted by atomic mass is 35.5. The molecule has 100 valence electrons. The van der Waals surface area contributed by atoms with Gasteiger partial charge in [0.2, 0.25) is 5.56 Å². The van der Waals surface area contributed by atoms with Crippen LogP contribution in [0.4, 0.5) is 0 Å². The van der Waals surface area contributed by atoms with Gasteiger partial charge in [0.1, 0.15) is 0 Å². The Labute approximate surface area is 112 Å². The SMILES string of the molecule is CCCC(CCCl)CNC(=O)c1ccc(=O)[nH]c1. The summed E-state index contributed by atoms with van der Waals surface area (Å²) in [6.07, 6.45) is 4.46. The standard InChI is InChI=1S/C13H19ClN2O2/c1-2-3-10(6-7-14)8-16-13(18)11-4-5-12(17)15-9-11/h4-5,9-10H,2-3,6-8H2,1H3,(H,15,17)(H,16,18). The minimum atomic E-state index is -0.211. The number of carbonyl (C=O) groups excluding carboxylic acids is 1. The van der Waals surface area contributed by atoms with Crippen molar-refractivity contribution in [2.45, 2.75) is 26.2 Å². The molecule has 4 nitrogen and oxygen atoms in total. The van der Waals surface area contributed by atoms with Crippen LogP contribution in [-0.2, 0) is 0 Å². The van der Waals surface area contributed by atoms with Gasteiger partial charge >= 0.3 is 0 Å². The Morgan fingerprint density at radius 2 is 2.22 bits per heavy atom. The molecule has 1 aromatic heterocycles. The second kappa shape index (κ2) is 7.93. The molecule has 0 saturated heterocycles. The van der Waals surface area contributed by atoms with Gasteiger partial charge in [-0.25, -0.2) is 0 Å². The van der Waals surface area contributed by atoms with Gasteiger partial charge in [-0.1, -0.05) is 13.3 Å². The molecule has 5 heteroatoms. The molecule has 1 unspecified atom stereocenters. The zero-order valence-corrected chi connectivity index (χ0v) is 11.3. The molecule has 18 heavy (non-hydrogen) atoms. The van der Waals surface area contributed by atoms with E-state index in [2.05, 4.69) is 17.2 Å². The highest BCUT2D eigenvalue weighted by molar-refractivity contribution is 6.17. The van der Waals surface area contributed by atoms with E-state index in [1.54, 1.807) is 0 Å². The van der Waals surface area contributed by atoms with Crippen molar-refractivity contribution < 1.29 is 4.79 Å². The second-order valence-electron chi connectivity index (χ2n) is 4.28. The molecular weight excluding hydrogens is 252 g/mol. The summed E-state index contributed by atoms with van der Waals surface area (Å²) in [6, 6.07) is 2.86. The number of rotatable bonds is 7. The van der Waals surface area contributed by atoms with Crippen LogP contribution in [0.25, 0.3) is 0 Å². The molecule has 1 aromatic rings. The van der Waals surface area contributed by atoms with E-state index in [0.717, 1.165) is 19.3 Å². The molecule has 0 aromatic carbocycles. The third kappa shape index (κ3) is 4.92. The normalized spacial score (nSPS) is 12.1. The van der Waals surface area contributed by atoms with E-state index >= 15 is 0 Å². The Hall–Kier alpha value is -1.29. The van der Waals surface area contributed by atoms with Crippen LogP contribution in [0.1, 0.15) is 36.5 Å². The predicted octanol–water partition coefficient (Wildman–Crippen LogP) is 2.15. The number of aromatic nitrogens is 1. The molecule has 2 N–H and O–H groups in total. The third-order valence-corrected chi connectivity index (χ3v) is 3.03. The van der Waals surface area contributed by atoms with Gasteiger partial charge in [0.15, 0.2) is 0 Å². The van der Waals surface area contributed by atoms with Crippen molar-refractivity contribution in [1.82, 2.24) is 10.3 Å². The van der Waals surface area contributed by atoms with E-state index < -0.39 is 0 Å². The van der Waals surface area contributed by atoms with Crippen LogP contribution in [0.2, 0.25) is 0 Å². The largest absolute Gasteiger partial charge is 0.352 e. The Kier molecular flexibility index (Phi) is 6.50. The number of hydrogen-bond donors (Lipinski definition) is 2. The average Bonchev–Trinajstić information content (AvgIpc) is 2.37. The molecule has 0 radical (unpaired) electrons. The van der Waals surface area contributed by atoms with Crippen molar-refractivity contribution in [3.05, 3.63) is 34.2 Å². The van der Waals surface area contributed by atoms with Gasteiger partial charge in [0, 0.05) is 24.7 Å². The topological polar surface area (TPSA) is 62.0 Å². The van der Waals surface area contributed by atoms with Crippen LogP contribution in [0, 0.1) is 5.92 Å². The van der Waals surface area contributed by atoms with E-state index in [1.807, 2.05) is 0 Å². The maximum Gasteiger partial charge on any atom is 0.252 e. The van der Waals surface area contributed by atoms with Gasteiger partial charge in [-0.05, 0) is 24.8 Å². The molecule has 0 bridgehead atoms. The molecular formula is C13H19ClN2O2. The number of aromatic amines is 1. The van der Waals surface area contributed by atoms with Crippen molar-refractivity contribution in [2.24, 2.45) is 5.92 Å². The predicted molar refractivity (Wildman–Crippen MR) is 73.1 cm³/mol. The fourth-order valence-corrected chi connectivity index (χ4v) is 2.11. The summed E-state index contributed by atoms with van der Waals surface area (Å²) in [5.74, 6) is 0.861. The lowest BCUT2D eigenvalue weighted by atomic mass is 10.0. The summed E-state index contributed by atoms with van der Waals surface area (Å²) in [5.41, 5.74) is 0.258. The van der Waals surface area contributed by atoms with Crippen LogP contribution in [-0.4, -0.2) is 23.3 Å². The number of alkyl halides is 1. The van der Waals surface area contributed by atoms with Crippen molar-refractivity contribution in [3.8, 4) is 0 Å². The van der Waals surface area contributed by atoms with E-state index in [1.165, 1.54) is 18.3 Å². The number of hydrogen-bond acceptors (Lipinski definition) is 2. The van der Waals surface area contributed by atoms with Crippen molar-refractivity contribution in [1.29, 1.82) is 0 Å². The molecule has 0 aliphatic heterocycles. The van der Waals surface area contributed by atoms with E-state index in [9.17, 15) is 9.59 Å². The first-order valence-corrected chi connectivity index (χ1v) is 6.73. The summed E-state index contributed by atoms with van der Waals surface area (Å²) in [5, 5.41) is 2.87. The van der Waals surface area contributed by atoms with Crippen molar-refractivity contribution in [3.63, 3.8) is 0 Å². The molecule has 1 atom stereocenters. The Morgan fingerprint density at radius 3 is 2.78 bits per heavy atom. The lowest BCUT2D eigenvalue weighted by Crippen LogP contribution is -2.30. The van der Waals surface area contributed by atoms with Crippen molar-refractivity contribution in [2.75, 3.05) is 12.4 Å². The molecule has 0 spiro atoms. The van der Waals surface area contributed by atoms with Crippen LogP contribution >= 0.6 is 11.6 Å². The first kappa shape index (κ1) is 14.8. The Balaban J connectivity index is 2.48. The number of nitrogens with one attached hydrogen (secondary N) is 2. The summed E-state index contributed by atoms with van der Waals surface area (Å²) in [6.45, 7) is 2.74. The van der Waals surface area contributed by atoms with Gasteiger partial charge in [-0.15, -0.1) is 11.6 Å². The molecule has 0 fully saturated rings. The summed E-state index contributed by atoms with van der Waals surface area (Å²) >= 11 is 5.73. The lowest BCUT2D eigenvalue weighted by molar-refractivity contribution is 0.0945. The first-order valence-electron chi connectivity index (χ1n) is 6.20. The van der Waals surface area contributed by atoms with Gasteiger partial charge < -0.3 is 10.3 Å². The smallest absolute Gasteiger partial charge is 0.252 e. The fraction of sp³-hybridized carbons (Fsp3) is 0.538. The number of halogens is 1. The van der Waals surface area contributed by atoms with Gasteiger partial charge in [-0.2, -0.15) is 0 Å². The van der Waals surface area contributed by atoms with Crippen LogP contribution < -0.4 is 10.9 Å². The molecule has 0 aliphatic rings. The molecule has 0 aliphatic carbocycles. The maximum absolute atomic E-state index is 11.8. The summed E-state index contributed by atoms with van der Waals surface area (Å²) in [4.78, 5) is 25.2. The number of amides is 1. The molecule has 1 amide bonds. The maximum atomic E-state index is 11.8. The third-order valence-electron chi connectivity index (χ3n) is 2.81. The highest BCUT2D eigenvalue weighted by Gasteiger charge is 2.10. The van der Waals surface area contributed by atoms with Crippen LogP contribution in [0.5, 0.6) is 0 Å². The summed E-state index contributed by atoms with van der Waals surface area (Å²) < 4.78 is 0. The Morgan fingerprint density at radius 1 is 1.44 bits per heavy atom. The quantitative estimate of drug-likeness (QED) is 0.746. The minimum Gasteiger partial charge on any atom is -0.352 e. The molecule has 1 rings (SSSR count). The van der Waals surface area contributed by atoms with Crippen LogP contribution in [0.15, 0.2) is 23.1 Å². The van der Waals surface area contributed by atoms with E-state index in [4.69, 9.17) is 11.6 Å². The number of carbonyl (C=O) groups is 1. The van der Waals surface area contributed by atoms with Crippen molar-refractivity contribution >= 4 is 17.5 Å². The van der Waals surface area contributed by atoms with Gasteiger partial charge in [0.05, 0.1) is 5.56 Å². The second-order valence-corrected chi connectivity index (χ2v) is 4.66. The van der Waals surface area contributed by atoms with E-state index in [0.29, 0.717) is 23.9 Å². The average molecular weight is 271 g/mol. The summed E-state index contributed by atoms with van der Waals surface area (Å²) in [7, 11) is 0.